The predicted octanol–water partition coefficient (Wildman–Crippen LogP) is -0.173. The number of aliphatic hydroxyl groups is 3. The third-order valence-electron chi connectivity index (χ3n) is 2.43. The maximum Gasteiger partial charge on any atom is 0.338 e. The van der Waals surface area contributed by atoms with Crippen LogP contribution in [0.5, 0.6) is 0 Å². The molecule has 1 aliphatic heterocycles. The molecule has 7 heteroatoms. The van der Waals surface area contributed by atoms with Crippen LogP contribution in [0, 0.1) is 0 Å². The summed E-state index contributed by atoms with van der Waals surface area (Å²) in [5, 5.41) is 29.0. The van der Waals surface area contributed by atoms with E-state index in [-0.39, 0.29) is 4.58 Å². The molecule has 3 N–H and O–H groups in total. The van der Waals surface area contributed by atoms with Crippen LogP contribution in [0.1, 0.15) is 13.8 Å². The van der Waals surface area contributed by atoms with Crippen molar-refractivity contribution in [1.29, 1.82) is 0 Å². The highest BCUT2D eigenvalue weighted by molar-refractivity contribution is 8.17. The number of ether oxygens (including phenoxy) is 1. The maximum atomic E-state index is 11.1. The zero-order chi connectivity index (χ0) is 13.0. The number of hydrogen-bond donors (Lipinski definition) is 3. The molecule has 0 aromatic heterocycles. The normalized spacial score (nSPS) is 30.7. The summed E-state index contributed by atoms with van der Waals surface area (Å²) in [7, 11) is 0. The number of carbonyl (C=O) groups is 1. The van der Waals surface area contributed by atoms with E-state index in [1.165, 1.54) is 23.5 Å². The summed E-state index contributed by atoms with van der Waals surface area (Å²) in [6.07, 6.45) is -4.93. The molecule has 1 fully saturated rings. The molecule has 100 valence electrons. The molecule has 1 aliphatic rings. The van der Waals surface area contributed by atoms with E-state index in [9.17, 15) is 20.1 Å². The Hall–Kier alpha value is 0.0500. The van der Waals surface area contributed by atoms with Crippen molar-refractivity contribution >= 4 is 29.5 Å². The Bertz CT molecular complexity index is 257. The van der Waals surface area contributed by atoms with Gasteiger partial charge in [-0.15, -0.1) is 23.5 Å². The van der Waals surface area contributed by atoms with Crippen molar-refractivity contribution in [3.8, 4) is 0 Å². The molecule has 5 nitrogen and oxygen atoms in total. The van der Waals surface area contributed by atoms with Crippen LogP contribution in [0.2, 0.25) is 0 Å². The van der Waals surface area contributed by atoms with E-state index in [0.29, 0.717) is 0 Å². The van der Waals surface area contributed by atoms with Crippen LogP contribution >= 0.6 is 23.5 Å². The summed E-state index contributed by atoms with van der Waals surface area (Å²) in [5.74, 6) is 0.755. The lowest BCUT2D eigenvalue weighted by atomic mass is 10.1. The Balaban J connectivity index is 2.66. The molecule has 0 spiro atoms. The van der Waals surface area contributed by atoms with Crippen molar-refractivity contribution in [1.82, 2.24) is 0 Å². The molecule has 17 heavy (non-hydrogen) atoms. The molecule has 1 heterocycles. The smallest absolute Gasteiger partial charge is 0.338 e. The number of cyclic esters (lactones) is 1. The molecular weight excluding hydrogens is 264 g/mol. The van der Waals surface area contributed by atoms with Gasteiger partial charge >= 0.3 is 5.97 Å². The number of thioether (sulfide) groups is 2. The minimum Gasteiger partial charge on any atom is -0.455 e. The third kappa shape index (κ3) is 3.51. The van der Waals surface area contributed by atoms with Crippen LogP contribution < -0.4 is 0 Å². The van der Waals surface area contributed by atoms with Crippen LogP contribution in [0.4, 0.5) is 0 Å². The number of esters is 1. The number of hydrogen-bond acceptors (Lipinski definition) is 7. The van der Waals surface area contributed by atoms with Crippen molar-refractivity contribution < 1.29 is 24.9 Å². The van der Waals surface area contributed by atoms with Gasteiger partial charge in [-0.3, -0.25) is 0 Å². The van der Waals surface area contributed by atoms with E-state index in [1.807, 2.05) is 13.8 Å². The molecule has 4 atom stereocenters. The van der Waals surface area contributed by atoms with Gasteiger partial charge in [0.2, 0.25) is 0 Å². The van der Waals surface area contributed by atoms with Gasteiger partial charge in [0.25, 0.3) is 0 Å². The zero-order valence-electron chi connectivity index (χ0n) is 9.78. The highest BCUT2D eigenvalue weighted by atomic mass is 32.2. The van der Waals surface area contributed by atoms with Crippen LogP contribution in [0.3, 0.4) is 0 Å². The first-order valence-electron chi connectivity index (χ1n) is 5.50. The average Bonchev–Trinajstić information content (AvgIpc) is 2.56. The Kier molecular flexibility index (Phi) is 6.08. The summed E-state index contributed by atoms with van der Waals surface area (Å²) in [6.45, 7) is 3.93. The third-order valence-corrected chi connectivity index (χ3v) is 5.13. The second-order valence-electron chi connectivity index (χ2n) is 3.61. The summed E-state index contributed by atoms with van der Waals surface area (Å²) in [4.78, 5) is 11.1. The summed E-state index contributed by atoms with van der Waals surface area (Å²) >= 11 is 3.06. The maximum absolute atomic E-state index is 11.1. The lowest BCUT2D eigenvalue weighted by molar-refractivity contribution is -0.150. The van der Waals surface area contributed by atoms with Crippen molar-refractivity contribution in [2.45, 2.75) is 42.8 Å². The van der Waals surface area contributed by atoms with Gasteiger partial charge in [0.05, 0.1) is 4.58 Å². The lowest BCUT2D eigenvalue weighted by Gasteiger charge is -2.26. The SMILES string of the molecule is CCSC(SCC)[C@H](O)[C@H]1OC(=O)[C@H](O)[C@H]1O. The summed E-state index contributed by atoms with van der Waals surface area (Å²) in [5.41, 5.74) is 0. The summed E-state index contributed by atoms with van der Waals surface area (Å²) in [6, 6.07) is 0. The Morgan fingerprint density at radius 2 is 1.82 bits per heavy atom. The van der Waals surface area contributed by atoms with Crippen molar-refractivity contribution in [2.24, 2.45) is 0 Å². The molecule has 0 aromatic carbocycles. The van der Waals surface area contributed by atoms with Gasteiger partial charge in [0, 0.05) is 0 Å². The fourth-order valence-corrected chi connectivity index (χ4v) is 4.16. The average molecular weight is 282 g/mol. The van der Waals surface area contributed by atoms with E-state index in [4.69, 9.17) is 4.74 Å². The highest BCUT2D eigenvalue weighted by Crippen LogP contribution is 2.32. The molecule has 0 aliphatic carbocycles. The molecule has 0 radical (unpaired) electrons. The van der Waals surface area contributed by atoms with Gasteiger partial charge in [-0.2, -0.15) is 0 Å². The van der Waals surface area contributed by atoms with Crippen molar-refractivity contribution in [3.05, 3.63) is 0 Å². The van der Waals surface area contributed by atoms with E-state index in [2.05, 4.69) is 0 Å². The van der Waals surface area contributed by atoms with Crippen LogP contribution in [-0.4, -0.2) is 61.8 Å². The Labute approximate surface area is 109 Å². The first-order valence-corrected chi connectivity index (χ1v) is 7.60. The van der Waals surface area contributed by atoms with E-state index in [0.717, 1.165) is 11.5 Å². The predicted molar refractivity (Wildman–Crippen MR) is 68.0 cm³/mol. The quantitative estimate of drug-likeness (QED) is 0.460. The van der Waals surface area contributed by atoms with Crippen LogP contribution in [0.25, 0.3) is 0 Å². The minimum absolute atomic E-state index is 0.178. The number of aliphatic hydroxyl groups excluding tert-OH is 3. The fraction of sp³-hybridized carbons (Fsp3) is 0.900. The Morgan fingerprint density at radius 1 is 1.29 bits per heavy atom. The van der Waals surface area contributed by atoms with Gasteiger partial charge in [-0.1, -0.05) is 13.8 Å². The molecule has 0 aromatic rings. The van der Waals surface area contributed by atoms with E-state index >= 15 is 0 Å². The van der Waals surface area contributed by atoms with Gasteiger partial charge in [0.15, 0.2) is 12.2 Å². The molecule has 0 unspecified atom stereocenters. The molecule has 0 bridgehead atoms. The second kappa shape index (κ2) is 6.84. The van der Waals surface area contributed by atoms with Gasteiger partial charge in [0.1, 0.15) is 12.2 Å². The van der Waals surface area contributed by atoms with Gasteiger partial charge < -0.3 is 20.1 Å². The first-order chi connectivity index (χ1) is 8.02. The first kappa shape index (κ1) is 15.1. The molecular formula is C10H18O5S2. The van der Waals surface area contributed by atoms with Crippen LogP contribution in [0.15, 0.2) is 0 Å². The zero-order valence-corrected chi connectivity index (χ0v) is 11.4. The minimum atomic E-state index is -1.55. The standard InChI is InChI=1S/C10H18O5S2/c1-3-16-10(17-4-2)7(13)8-5(11)6(12)9(14)15-8/h5-8,10-13H,3-4H2,1-2H3/t5-,6-,7-,8+/m1/s1. The number of rotatable bonds is 6. The van der Waals surface area contributed by atoms with Gasteiger partial charge in [-0.05, 0) is 11.5 Å². The molecule has 1 rings (SSSR count). The van der Waals surface area contributed by atoms with Crippen molar-refractivity contribution in [2.75, 3.05) is 11.5 Å². The topological polar surface area (TPSA) is 87.0 Å². The number of carbonyl (C=O) groups excluding carboxylic acids is 1. The van der Waals surface area contributed by atoms with Crippen LogP contribution in [-0.2, 0) is 9.53 Å². The lowest BCUT2D eigenvalue weighted by Crippen LogP contribution is -2.43. The van der Waals surface area contributed by atoms with E-state index < -0.39 is 30.4 Å². The van der Waals surface area contributed by atoms with Gasteiger partial charge in [-0.25, -0.2) is 4.79 Å². The molecule has 0 amide bonds. The molecule has 0 saturated carbocycles. The summed E-state index contributed by atoms with van der Waals surface area (Å²) < 4.78 is 4.63. The second-order valence-corrected chi connectivity index (χ2v) is 6.74. The van der Waals surface area contributed by atoms with E-state index in [1.54, 1.807) is 0 Å². The monoisotopic (exact) mass is 282 g/mol. The highest BCUT2D eigenvalue weighted by Gasteiger charge is 2.48. The fourth-order valence-electron chi connectivity index (χ4n) is 1.59. The van der Waals surface area contributed by atoms with Crippen molar-refractivity contribution in [3.63, 3.8) is 0 Å². The Morgan fingerprint density at radius 3 is 2.18 bits per heavy atom. The molecule has 1 saturated heterocycles. The largest absolute Gasteiger partial charge is 0.455 e.